The summed E-state index contributed by atoms with van der Waals surface area (Å²) in [4.78, 5) is 26.8. The molecule has 14 N–H and O–H groups in total. The van der Waals surface area contributed by atoms with Crippen molar-refractivity contribution < 1.29 is 119 Å². The van der Waals surface area contributed by atoms with E-state index < -0.39 is 169 Å². The fourth-order valence-electron chi connectivity index (χ4n) is 7.60. The van der Waals surface area contributed by atoms with E-state index in [-0.39, 0.29) is 17.1 Å². The van der Waals surface area contributed by atoms with Crippen LogP contribution in [0, 0.1) is 0 Å². The Morgan fingerprint density at radius 1 is 0.647 bits per heavy atom. The molecular weight excluding hydrogens is 916 g/mol. The highest BCUT2D eigenvalue weighted by Gasteiger charge is 2.55. The van der Waals surface area contributed by atoms with Crippen molar-refractivity contribution in [2.45, 2.75) is 92.1 Å². The summed E-state index contributed by atoms with van der Waals surface area (Å²) in [6.07, 6.45) is -27.7. The first-order chi connectivity index (χ1) is 32.3. The molecule has 3 fully saturated rings. The molecule has 4 aromatic rings. The second-order valence-electron chi connectivity index (χ2n) is 15.8. The fourth-order valence-corrected chi connectivity index (χ4v) is 7.60. The number of hydrogen-bond donors (Lipinski definition) is 14. The van der Waals surface area contributed by atoms with Crippen molar-refractivity contribution in [2.24, 2.45) is 0 Å². The summed E-state index contributed by atoms with van der Waals surface area (Å²) in [6, 6.07) is 9.09. The zero-order valence-corrected chi connectivity index (χ0v) is 35.3. The number of phenols is 5. The number of methoxy groups -OCH3 is 1. The topological polar surface area (TPSA) is 404 Å². The number of carbonyl (C=O) groups is 1. The molecule has 1 aromatic heterocycles. The van der Waals surface area contributed by atoms with Crippen LogP contribution in [0.25, 0.3) is 28.4 Å². The molecule has 3 aliphatic rings. The first-order valence-corrected chi connectivity index (χ1v) is 20.5. The molecule has 15 atom stereocenters. The van der Waals surface area contributed by atoms with Gasteiger partial charge in [-0.25, -0.2) is 4.79 Å². The summed E-state index contributed by atoms with van der Waals surface area (Å²) >= 11 is 0. The molecule has 0 aliphatic carbocycles. The van der Waals surface area contributed by atoms with Crippen molar-refractivity contribution in [3.8, 4) is 51.6 Å². The number of phenolic OH excluding ortho intramolecular Hbond substituents is 5. The van der Waals surface area contributed by atoms with E-state index in [1.54, 1.807) is 0 Å². The fraction of sp³-hybridized carbons (Fsp3) is 0.442. The van der Waals surface area contributed by atoms with Crippen LogP contribution in [0.15, 0.2) is 63.8 Å². The van der Waals surface area contributed by atoms with Crippen LogP contribution < -0.4 is 14.9 Å². The zero-order valence-electron chi connectivity index (χ0n) is 35.3. The van der Waals surface area contributed by atoms with Crippen LogP contribution in [-0.2, 0) is 33.2 Å². The van der Waals surface area contributed by atoms with Gasteiger partial charge in [0.05, 0.1) is 20.3 Å². The minimum Gasteiger partial charge on any atom is -0.508 e. The van der Waals surface area contributed by atoms with E-state index in [2.05, 4.69) is 0 Å². The highest BCUT2D eigenvalue weighted by Crippen LogP contribution is 2.41. The van der Waals surface area contributed by atoms with Crippen LogP contribution in [0.4, 0.5) is 0 Å². The highest BCUT2D eigenvalue weighted by atomic mass is 16.8. The smallest absolute Gasteiger partial charge is 0.330 e. The second kappa shape index (κ2) is 20.8. The molecule has 25 heteroatoms. The van der Waals surface area contributed by atoms with E-state index in [9.17, 15) is 81.1 Å². The summed E-state index contributed by atoms with van der Waals surface area (Å²) in [5, 5.41) is 148. The maximum atomic E-state index is 14.2. The van der Waals surface area contributed by atoms with E-state index in [0.29, 0.717) is 5.56 Å². The number of fused-ring (bicyclic) bond motifs is 1. The average Bonchev–Trinajstić information content (AvgIpc) is 3.31. The largest absolute Gasteiger partial charge is 0.508 e. The zero-order chi connectivity index (χ0) is 49.3. The normalized spacial score (nSPS) is 32.0. The average molecular weight is 965 g/mol. The van der Waals surface area contributed by atoms with Gasteiger partial charge < -0.3 is 114 Å². The number of aromatic hydroxyl groups is 5. The lowest BCUT2D eigenvalue weighted by Gasteiger charge is -2.48. The molecule has 68 heavy (non-hydrogen) atoms. The number of ether oxygens (including phenoxy) is 8. The van der Waals surface area contributed by atoms with Crippen molar-refractivity contribution in [3.63, 3.8) is 0 Å². The van der Waals surface area contributed by atoms with Gasteiger partial charge in [0.15, 0.2) is 47.4 Å². The molecule has 0 radical (unpaired) electrons. The van der Waals surface area contributed by atoms with Crippen LogP contribution in [-0.4, -0.2) is 197 Å². The van der Waals surface area contributed by atoms with Gasteiger partial charge in [-0.1, -0.05) is 6.07 Å². The van der Waals surface area contributed by atoms with Crippen molar-refractivity contribution in [1.29, 1.82) is 0 Å². The van der Waals surface area contributed by atoms with Gasteiger partial charge in [-0.3, -0.25) is 4.79 Å². The van der Waals surface area contributed by atoms with E-state index in [1.807, 2.05) is 0 Å². The molecule has 0 unspecified atom stereocenters. The van der Waals surface area contributed by atoms with E-state index in [4.69, 9.17) is 42.3 Å². The Hall–Kier alpha value is -5.88. The third-order valence-electron chi connectivity index (χ3n) is 11.3. The van der Waals surface area contributed by atoms with Crippen LogP contribution in [0.3, 0.4) is 0 Å². The SMILES string of the molecule is COc1cc(C=CC(=O)OC[C@H]2O[C@@H](O[C@H]3[C@H](O[C@H]4[C@H](Oc5c(-c6ccc(O)c(O)c6)oc6cc(O)cc(O)c6c5=O)O[C@H](CO)[C@@H](O)[C@@H]4O)O[C@H](CO)[C@H](O)[C@@H]3O)[C@H](O)[C@@H](O)[C@@H]2O)ccc1O. The van der Waals surface area contributed by atoms with E-state index in [1.165, 1.54) is 37.5 Å². The minimum atomic E-state index is -2.18. The predicted molar refractivity (Wildman–Crippen MR) is 222 cm³/mol. The van der Waals surface area contributed by atoms with Crippen LogP contribution in [0.1, 0.15) is 5.56 Å². The lowest BCUT2D eigenvalue weighted by molar-refractivity contribution is -0.389. The van der Waals surface area contributed by atoms with Crippen LogP contribution in [0.2, 0.25) is 0 Å². The Morgan fingerprint density at radius 3 is 1.90 bits per heavy atom. The van der Waals surface area contributed by atoms with E-state index in [0.717, 1.165) is 30.3 Å². The van der Waals surface area contributed by atoms with Crippen molar-refractivity contribution in [3.05, 3.63) is 70.4 Å². The summed E-state index contributed by atoms with van der Waals surface area (Å²) in [6.45, 7) is -2.74. The number of aliphatic hydroxyl groups excluding tert-OH is 9. The molecular formula is C43H48O25. The predicted octanol–water partition coefficient (Wildman–Crippen LogP) is -2.91. The molecule has 3 saturated heterocycles. The third kappa shape index (κ3) is 10.1. The minimum absolute atomic E-state index is 0.117. The van der Waals surface area contributed by atoms with Gasteiger partial charge >= 0.3 is 5.97 Å². The molecule has 25 nitrogen and oxygen atoms in total. The highest BCUT2D eigenvalue weighted by molar-refractivity contribution is 5.88. The maximum absolute atomic E-state index is 14.2. The number of hydrogen-bond acceptors (Lipinski definition) is 25. The van der Waals surface area contributed by atoms with Gasteiger partial charge in [-0.2, -0.15) is 0 Å². The Kier molecular flexibility index (Phi) is 15.3. The molecule has 0 spiro atoms. The molecule has 3 aliphatic heterocycles. The molecule has 4 heterocycles. The number of aliphatic hydroxyl groups is 9. The van der Waals surface area contributed by atoms with Gasteiger partial charge in [0.25, 0.3) is 0 Å². The first-order valence-electron chi connectivity index (χ1n) is 20.5. The number of benzene rings is 3. The third-order valence-corrected chi connectivity index (χ3v) is 11.3. The monoisotopic (exact) mass is 964 g/mol. The number of carbonyl (C=O) groups excluding carboxylic acids is 1. The van der Waals surface area contributed by atoms with Gasteiger partial charge in [-0.05, 0) is 42.0 Å². The molecule has 3 aromatic carbocycles. The van der Waals surface area contributed by atoms with Crippen molar-refractivity contribution in [1.82, 2.24) is 0 Å². The van der Waals surface area contributed by atoms with Crippen LogP contribution >= 0.6 is 0 Å². The Morgan fingerprint density at radius 2 is 1.25 bits per heavy atom. The van der Waals surface area contributed by atoms with Gasteiger partial charge in [0.2, 0.25) is 17.5 Å². The number of rotatable bonds is 14. The maximum Gasteiger partial charge on any atom is 0.330 e. The Balaban J connectivity index is 1.18. The first kappa shape index (κ1) is 50.0. The van der Waals surface area contributed by atoms with Crippen molar-refractivity contribution in [2.75, 3.05) is 26.9 Å². The lowest BCUT2D eigenvalue weighted by atomic mass is 9.96. The van der Waals surface area contributed by atoms with Gasteiger partial charge in [0, 0.05) is 23.8 Å². The van der Waals surface area contributed by atoms with Gasteiger partial charge in [-0.15, -0.1) is 0 Å². The second-order valence-corrected chi connectivity index (χ2v) is 15.8. The number of esters is 1. The molecule has 0 saturated carbocycles. The van der Waals surface area contributed by atoms with Crippen molar-refractivity contribution >= 4 is 23.0 Å². The summed E-state index contributed by atoms with van der Waals surface area (Å²) in [5.74, 6) is -5.04. The van der Waals surface area contributed by atoms with Crippen LogP contribution in [0.5, 0.6) is 40.2 Å². The lowest BCUT2D eigenvalue weighted by Crippen LogP contribution is -2.67. The molecule has 0 bridgehead atoms. The summed E-state index contributed by atoms with van der Waals surface area (Å²) < 4.78 is 51.0. The molecule has 0 amide bonds. The molecule has 7 rings (SSSR count). The standard InChI is InChI=1S/C43H48O25/c1-60-22-8-15(2-5-19(22)48)3-7-27(51)61-14-26-31(54)33(56)36(59)41(65-26)67-39-34(57)29(52)25(13-45)64-43(39)68-40-35(58)30(53)24(12-44)63-42(40)66-38-32(55)28-21(50)10-17(46)11-23(28)62-37(38)16-4-6-18(47)20(49)9-16/h2-11,24-26,29-31,33-36,39-50,52-54,56-59H,12-14H2,1H3/t24-,25-,26-,29+,30-,31-,33+,34+,35+,36-,39-,40-,41+,42+,43+/m1/s1. The van der Waals surface area contributed by atoms with E-state index >= 15 is 0 Å². The van der Waals surface area contributed by atoms with Gasteiger partial charge in [0.1, 0.15) is 96.2 Å². The Labute approximate surface area is 382 Å². The quantitative estimate of drug-likeness (QED) is 0.0342. The molecule has 370 valence electrons. The summed E-state index contributed by atoms with van der Waals surface area (Å²) in [5.41, 5.74) is -1.31. The summed E-state index contributed by atoms with van der Waals surface area (Å²) in [7, 11) is 1.32. The Bertz CT molecular complexity index is 2510.